The number of benzene rings is 2. The van der Waals surface area contributed by atoms with Crippen molar-refractivity contribution in [1.82, 2.24) is 0 Å². The van der Waals surface area contributed by atoms with Crippen LogP contribution in [0.5, 0.6) is 0 Å². The SMILES string of the molecule is Nc1cc(N)c(Sc2ccc(Cl)cc2)c(F)c1Cl. The quantitative estimate of drug-likeness (QED) is 0.806. The first-order chi connectivity index (χ1) is 8.49. The van der Waals surface area contributed by atoms with E-state index in [-0.39, 0.29) is 21.3 Å². The summed E-state index contributed by atoms with van der Waals surface area (Å²) in [5.41, 5.74) is 11.7. The van der Waals surface area contributed by atoms with Gasteiger partial charge in [0.15, 0.2) is 5.82 Å². The first kappa shape index (κ1) is 13.3. The minimum Gasteiger partial charge on any atom is -0.398 e. The molecule has 0 aromatic heterocycles. The molecule has 0 unspecified atom stereocenters. The minimum atomic E-state index is -0.603. The van der Waals surface area contributed by atoms with Gasteiger partial charge in [-0.15, -0.1) is 0 Å². The van der Waals surface area contributed by atoms with Crippen molar-refractivity contribution in [3.8, 4) is 0 Å². The Morgan fingerprint density at radius 1 is 1.00 bits per heavy atom. The Labute approximate surface area is 118 Å². The van der Waals surface area contributed by atoms with Crippen LogP contribution in [0.4, 0.5) is 15.8 Å². The molecule has 0 atom stereocenters. The van der Waals surface area contributed by atoms with E-state index in [1.807, 2.05) is 0 Å². The standard InChI is InChI=1S/C12H9Cl2FN2S/c13-6-1-3-7(4-2-6)18-12-9(17)5-8(16)10(14)11(12)15/h1-5H,16-17H2. The largest absolute Gasteiger partial charge is 0.398 e. The maximum atomic E-state index is 13.9. The molecule has 94 valence electrons. The number of anilines is 2. The molecule has 0 radical (unpaired) electrons. The summed E-state index contributed by atoms with van der Waals surface area (Å²) in [5.74, 6) is -0.603. The number of halogens is 3. The normalized spacial score (nSPS) is 10.6. The van der Waals surface area contributed by atoms with Gasteiger partial charge in [-0.3, -0.25) is 0 Å². The number of nitrogen functional groups attached to an aromatic ring is 2. The number of hydrogen-bond acceptors (Lipinski definition) is 3. The molecule has 2 nitrogen and oxygen atoms in total. The molecule has 2 aromatic rings. The fraction of sp³-hybridized carbons (Fsp3) is 0. The fourth-order valence-corrected chi connectivity index (χ4v) is 2.58. The van der Waals surface area contributed by atoms with Gasteiger partial charge in [-0.2, -0.15) is 0 Å². The molecule has 2 aromatic carbocycles. The Morgan fingerprint density at radius 2 is 1.61 bits per heavy atom. The van der Waals surface area contributed by atoms with Gasteiger partial charge in [0, 0.05) is 9.92 Å². The first-order valence-electron chi connectivity index (χ1n) is 4.95. The van der Waals surface area contributed by atoms with Crippen LogP contribution in [-0.2, 0) is 0 Å². The van der Waals surface area contributed by atoms with Crippen LogP contribution in [0.25, 0.3) is 0 Å². The zero-order chi connectivity index (χ0) is 13.3. The van der Waals surface area contributed by atoms with Gasteiger partial charge in [-0.05, 0) is 30.3 Å². The van der Waals surface area contributed by atoms with Gasteiger partial charge in [0.2, 0.25) is 0 Å². The molecule has 4 N–H and O–H groups in total. The monoisotopic (exact) mass is 302 g/mol. The second kappa shape index (κ2) is 5.26. The Hall–Kier alpha value is -1.10. The highest BCUT2D eigenvalue weighted by molar-refractivity contribution is 7.99. The number of hydrogen-bond donors (Lipinski definition) is 2. The van der Waals surface area contributed by atoms with Crippen molar-refractivity contribution in [3.05, 3.63) is 46.2 Å². The summed E-state index contributed by atoms with van der Waals surface area (Å²) in [7, 11) is 0. The van der Waals surface area contributed by atoms with Crippen molar-refractivity contribution >= 4 is 46.3 Å². The van der Waals surface area contributed by atoms with Crippen LogP contribution in [-0.4, -0.2) is 0 Å². The Bertz CT molecular complexity index is 588. The highest BCUT2D eigenvalue weighted by atomic mass is 35.5. The Morgan fingerprint density at radius 3 is 2.22 bits per heavy atom. The molecule has 0 saturated heterocycles. The fourth-order valence-electron chi connectivity index (χ4n) is 1.37. The predicted molar refractivity (Wildman–Crippen MR) is 75.8 cm³/mol. The first-order valence-corrected chi connectivity index (χ1v) is 6.52. The highest BCUT2D eigenvalue weighted by Gasteiger charge is 2.15. The van der Waals surface area contributed by atoms with Crippen molar-refractivity contribution < 1.29 is 4.39 Å². The molecule has 6 heteroatoms. The van der Waals surface area contributed by atoms with Crippen LogP contribution < -0.4 is 11.5 Å². The van der Waals surface area contributed by atoms with Gasteiger partial charge in [0.1, 0.15) is 5.02 Å². The number of nitrogens with two attached hydrogens (primary N) is 2. The van der Waals surface area contributed by atoms with E-state index >= 15 is 0 Å². The minimum absolute atomic E-state index is 0.110. The van der Waals surface area contributed by atoms with E-state index in [0.29, 0.717) is 5.02 Å². The van der Waals surface area contributed by atoms with E-state index in [0.717, 1.165) is 4.90 Å². The second-order valence-electron chi connectivity index (χ2n) is 3.57. The van der Waals surface area contributed by atoms with Crippen molar-refractivity contribution in [2.75, 3.05) is 11.5 Å². The third-order valence-corrected chi connectivity index (χ3v) is 4.02. The van der Waals surface area contributed by atoms with Crippen LogP contribution in [0.15, 0.2) is 40.1 Å². The lowest BCUT2D eigenvalue weighted by Crippen LogP contribution is -1.97. The molecular weight excluding hydrogens is 294 g/mol. The average Bonchev–Trinajstić information content (AvgIpc) is 2.34. The van der Waals surface area contributed by atoms with E-state index in [1.165, 1.54) is 17.8 Å². The molecule has 0 aliphatic heterocycles. The number of rotatable bonds is 2. The van der Waals surface area contributed by atoms with Gasteiger partial charge < -0.3 is 11.5 Å². The third kappa shape index (κ3) is 2.66. The van der Waals surface area contributed by atoms with Crippen molar-refractivity contribution in [1.29, 1.82) is 0 Å². The van der Waals surface area contributed by atoms with E-state index in [2.05, 4.69) is 0 Å². The van der Waals surface area contributed by atoms with Gasteiger partial charge >= 0.3 is 0 Å². The Kier molecular flexibility index (Phi) is 3.90. The van der Waals surface area contributed by atoms with E-state index in [9.17, 15) is 4.39 Å². The summed E-state index contributed by atoms with van der Waals surface area (Å²) in [6.07, 6.45) is 0. The molecular formula is C12H9Cl2FN2S. The van der Waals surface area contributed by atoms with Crippen LogP contribution in [0.2, 0.25) is 10.0 Å². The molecule has 0 aliphatic carbocycles. The van der Waals surface area contributed by atoms with Crippen molar-refractivity contribution in [3.63, 3.8) is 0 Å². The topological polar surface area (TPSA) is 52.0 Å². The third-order valence-electron chi connectivity index (χ3n) is 2.25. The zero-order valence-electron chi connectivity index (χ0n) is 9.08. The van der Waals surface area contributed by atoms with Crippen LogP contribution in [0, 0.1) is 5.82 Å². The summed E-state index contributed by atoms with van der Waals surface area (Å²) < 4.78 is 13.9. The molecule has 2 rings (SSSR count). The zero-order valence-corrected chi connectivity index (χ0v) is 11.4. The lowest BCUT2D eigenvalue weighted by molar-refractivity contribution is 0.604. The van der Waals surface area contributed by atoms with E-state index in [4.69, 9.17) is 34.7 Å². The maximum Gasteiger partial charge on any atom is 0.159 e. The molecule has 0 fully saturated rings. The molecule has 18 heavy (non-hydrogen) atoms. The van der Waals surface area contributed by atoms with Crippen molar-refractivity contribution in [2.24, 2.45) is 0 Å². The van der Waals surface area contributed by atoms with Gasteiger partial charge in [0.25, 0.3) is 0 Å². The molecule has 0 aliphatic rings. The predicted octanol–water partition coefficient (Wildman–Crippen LogP) is 4.45. The lowest BCUT2D eigenvalue weighted by atomic mass is 10.3. The lowest BCUT2D eigenvalue weighted by Gasteiger charge is -2.10. The summed E-state index contributed by atoms with van der Waals surface area (Å²) in [6.45, 7) is 0. The van der Waals surface area contributed by atoms with Crippen molar-refractivity contribution in [2.45, 2.75) is 9.79 Å². The Balaban J connectivity index is 2.40. The molecule has 0 saturated carbocycles. The summed E-state index contributed by atoms with van der Waals surface area (Å²) in [5, 5.41) is 0.504. The van der Waals surface area contributed by atoms with Crippen LogP contribution in [0.3, 0.4) is 0 Å². The maximum absolute atomic E-state index is 13.9. The summed E-state index contributed by atoms with van der Waals surface area (Å²) in [6, 6.07) is 8.43. The highest BCUT2D eigenvalue weighted by Crippen LogP contribution is 2.39. The smallest absolute Gasteiger partial charge is 0.159 e. The van der Waals surface area contributed by atoms with Crippen LogP contribution in [0.1, 0.15) is 0 Å². The van der Waals surface area contributed by atoms with E-state index < -0.39 is 5.82 Å². The molecule has 0 bridgehead atoms. The van der Waals surface area contributed by atoms with E-state index in [1.54, 1.807) is 24.3 Å². The average molecular weight is 303 g/mol. The summed E-state index contributed by atoms with van der Waals surface area (Å²) in [4.78, 5) is 1.07. The molecule has 0 heterocycles. The molecule has 0 spiro atoms. The van der Waals surface area contributed by atoms with Gasteiger partial charge in [-0.25, -0.2) is 4.39 Å². The summed E-state index contributed by atoms with van der Waals surface area (Å²) >= 11 is 12.7. The second-order valence-corrected chi connectivity index (χ2v) is 5.47. The van der Waals surface area contributed by atoms with Gasteiger partial charge in [0.05, 0.1) is 16.3 Å². The molecule has 0 amide bonds. The van der Waals surface area contributed by atoms with Crippen LogP contribution >= 0.6 is 35.0 Å². The van der Waals surface area contributed by atoms with Gasteiger partial charge in [-0.1, -0.05) is 35.0 Å².